The Balaban J connectivity index is 1.79. The summed E-state index contributed by atoms with van der Waals surface area (Å²) in [7, 11) is 1.48. The summed E-state index contributed by atoms with van der Waals surface area (Å²) in [6, 6.07) is 3.88. The van der Waals surface area contributed by atoms with Gasteiger partial charge in [0.2, 0.25) is 0 Å². The van der Waals surface area contributed by atoms with E-state index in [0.29, 0.717) is 54.6 Å². The van der Waals surface area contributed by atoms with Gasteiger partial charge in [-0.2, -0.15) is 0 Å². The number of rotatable bonds is 7. The number of hydrogen-bond donors (Lipinski definition) is 2. The minimum Gasteiger partial charge on any atom is -0.493 e. The highest BCUT2D eigenvalue weighted by atomic mass is 16.5. The minimum absolute atomic E-state index is 0.132. The number of nitrogens with one attached hydrogen (secondary N) is 2. The van der Waals surface area contributed by atoms with Gasteiger partial charge in [0.15, 0.2) is 18.1 Å². The number of urea groups is 1. The summed E-state index contributed by atoms with van der Waals surface area (Å²) in [6.45, 7) is 5.54. The molecule has 10 nitrogen and oxygen atoms in total. The Kier molecular flexibility index (Phi) is 7.35. The first-order valence-corrected chi connectivity index (χ1v) is 10.1. The number of ether oxygens (including phenoxy) is 4. The molecule has 3 rings (SSSR count). The van der Waals surface area contributed by atoms with Crippen LogP contribution < -0.4 is 20.1 Å². The van der Waals surface area contributed by atoms with Crippen molar-refractivity contribution >= 4 is 17.9 Å². The van der Waals surface area contributed by atoms with Crippen molar-refractivity contribution < 1.29 is 33.3 Å². The van der Waals surface area contributed by atoms with Crippen LogP contribution in [0.2, 0.25) is 0 Å². The molecule has 10 heteroatoms. The predicted molar refractivity (Wildman–Crippen MR) is 110 cm³/mol. The number of amides is 3. The topological polar surface area (TPSA) is 115 Å². The molecule has 0 unspecified atom stereocenters. The molecule has 2 heterocycles. The number of allylic oxidation sites excluding steroid dienone is 1. The Hall–Kier alpha value is -3.27. The molecule has 0 radical (unpaired) electrons. The molecule has 2 aliphatic rings. The maximum atomic E-state index is 12.5. The van der Waals surface area contributed by atoms with E-state index in [4.69, 9.17) is 18.9 Å². The molecule has 2 N–H and O–H groups in total. The maximum Gasteiger partial charge on any atom is 0.338 e. The van der Waals surface area contributed by atoms with Crippen molar-refractivity contribution in [2.75, 3.05) is 46.6 Å². The molecule has 1 aromatic rings. The standard InChI is InChI=1S/C21H27N3O7/c1-4-30-20(26)18-13(2)22-21(27)23-19(18)14-5-6-15(16(11-14)28-3)31-12-17(25)24-7-9-29-10-8-24/h5-6,11,19H,4,7-10,12H2,1-3H3,(H2,22,23,27)/t19-/m0/s1. The first-order valence-electron chi connectivity index (χ1n) is 10.1. The number of methoxy groups -OCH3 is 1. The molecular weight excluding hydrogens is 406 g/mol. The fourth-order valence-corrected chi connectivity index (χ4v) is 3.45. The molecule has 0 aliphatic carbocycles. The number of carbonyl (C=O) groups excluding carboxylic acids is 3. The summed E-state index contributed by atoms with van der Waals surface area (Å²) < 4.78 is 21.5. The van der Waals surface area contributed by atoms with Gasteiger partial charge < -0.3 is 34.5 Å². The van der Waals surface area contributed by atoms with Gasteiger partial charge in [-0.05, 0) is 31.5 Å². The van der Waals surface area contributed by atoms with Crippen molar-refractivity contribution in [1.82, 2.24) is 15.5 Å². The molecule has 0 spiro atoms. The van der Waals surface area contributed by atoms with Crippen LogP contribution in [0.25, 0.3) is 0 Å². The Labute approximate surface area is 180 Å². The van der Waals surface area contributed by atoms with Crippen molar-refractivity contribution in [3.05, 3.63) is 35.0 Å². The van der Waals surface area contributed by atoms with Crippen molar-refractivity contribution in [2.24, 2.45) is 0 Å². The molecule has 0 saturated carbocycles. The smallest absolute Gasteiger partial charge is 0.338 e. The van der Waals surface area contributed by atoms with E-state index in [1.807, 2.05) is 0 Å². The average Bonchev–Trinajstić information content (AvgIpc) is 2.77. The molecule has 168 valence electrons. The zero-order chi connectivity index (χ0) is 22.4. The van der Waals surface area contributed by atoms with Crippen molar-refractivity contribution in [2.45, 2.75) is 19.9 Å². The van der Waals surface area contributed by atoms with Crippen molar-refractivity contribution in [1.29, 1.82) is 0 Å². The molecule has 2 aliphatic heterocycles. The van der Waals surface area contributed by atoms with Gasteiger partial charge in [-0.3, -0.25) is 4.79 Å². The lowest BCUT2D eigenvalue weighted by molar-refractivity contribution is -0.139. The summed E-state index contributed by atoms with van der Waals surface area (Å²) in [5, 5.41) is 5.33. The van der Waals surface area contributed by atoms with Crippen LogP contribution in [0.4, 0.5) is 4.79 Å². The third-order valence-electron chi connectivity index (χ3n) is 5.00. The third kappa shape index (κ3) is 5.26. The lowest BCUT2D eigenvalue weighted by Crippen LogP contribution is -2.45. The highest BCUT2D eigenvalue weighted by Gasteiger charge is 2.32. The lowest BCUT2D eigenvalue weighted by atomic mass is 9.95. The normalized spacial score (nSPS) is 18.7. The summed E-state index contributed by atoms with van der Waals surface area (Å²) >= 11 is 0. The van der Waals surface area contributed by atoms with E-state index in [1.54, 1.807) is 36.9 Å². The first kappa shape index (κ1) is 22.4. The van der Waals surface area contributed by atoms with E-state index in [1.165, 1.54) is 7.11 Å². The Morgan fingerprint density at radius 1 is 1.23 bits per heavy atom. The summed E-state index contributed by atoms with van der Waals surface area (Å²) in [6.07, 6.45) is 0. The van der Waals surface area contributed by atoms with Gasteiger partial charge in [-0.15, -0.1) is 0 Å². The SMILES string of the molecule is CCOC(=O)C1=C(C)NC(=O)N[C@H]1c1ccc(OCC(=O)N2CCOCC2)c(OC)c1. The fraction of sp³-hybridized carbons (Fsp3) is 0.476. The van der Waals surface area contributed by atoms with Crippen molar-refractivity contribution in [3.8, 4) is 11.5 Å². The van der Waals surface area contributed by atoms with Gasteiger partial charge in [0, 0.05) is 18.8 Å². The Bertz CT molecular complexity index is 878. The van der Waals surface area contributed by atoms with Gasteiger partial charge >= 0.3 is 12.0 Å². The third-order valence-corrected chi connectivity index (χ3v) is 5.00. The summed E-state index contributed by atoms with van der Waals surface area (Å²) in [4.78, 5) is 38.5. The van der Waals surface area contributed by atoms with E-state index in [0.717, 1.165) is 0 Å². The molecule has 0 aromatic heterocycles. The zero-order valence-corrected chi connectivity index (χ0v) is 17.9. The molecular formula is C21H27N3O7. The first-order chi connectivity index (χ1) is 14.9. The molecule has 1 atom stereocenters. The van der Waals surface area contributed by atoms with Crippen LogP contribution in [-0.2, 0) is 19.1 Å². The number of morpholine rings is 1. The second-order valence-corrected chi connectivity index (χ2v) is 6.98. The van der Waals surface area contributed by atoms with E-state index >= 15 is 0 Å². The fourth-order valence-electron chi connectivity index (χ4n) is 3.45. The maximum absolute atomic E-state index is 12.5. The monoisotopic (exact) mass is 433 g/mol. The predicted octanol–water partition coefficient (Wildman–Crippen LogP) is 1.12. The number of hydrogen-bond acceptors (Lipinski definition) is 7. The second-order valence-electron chi connectivity index (χ2n) is 6.98. The van der Waals surface area contributed by atoms with Crippen LogP contribution in [-0.4, -0.2) is 69.4 Å². The van der Waals surface area contributed by atoms with Crippen LogP contribution in [0.5, 0.6) is 11.5 Å². The number of carbonyl (C=O) groups is 3. The van der Waals surface area contributed by atoms with Gasteiger partial charge in [-0.25, -0.2) is 9.59 Å². The van der Waals surface area contributed by atoms with Crippen LogP contribution in [0, 0.1) is 0 Å². The largest absolute Gasteiger partial charge is 0.493 e. The molecule has 1 saturated heterocycles. The summed E-state index contributed by atoms with van der Waals surface area (Å²) in [5.41, 5.74) is 1.34. The van der Waals surface area contributed by atoms with Gasteiger partial charge in [0.25, 0.3) is 5.91 Å². The van der Waals surface area contributed by atoms with Crippen molar-refractivity contribution in [3.63, 3.8) is 0 Å². The molecule has 31 heavy (non-hydrogen) atoms. The minimum atomic E-state index is -0.717. The number of esters is 1. The molecule has 0 bridgehead atoms. The average molecular weight is 433 g/mol. The van der Waals surface area contributed by atoms with Gasteiger partial charge in [0.1, 0.15) is 0 Å². The van der Waals surface area contributed by atoms with Gasteiger partial charge in [-0.1, -0.05) is 6.07 Å². The van der Waals surface area contributed by atoms with Gasteiger partial charge in [0.05, 0.1) is 38.5 Å². The number of benzene rings is 1. The Morgan fingerprint density at radius 3 is 2.65 bits per heavy atom. The molecule has 1 fully saturated rings. The number of nitrogens with zero attached hydrogens (tertiary/aromatic N) is 1. The highest BCUT2D eigenvalue weighted by Crippen LogP contribution is 2.34. The van der Waals surface area contributed by atoms with E-state index in [2.05, 4.69) is 10.6 Å². The lowest BCUT2D eigenvalue weighted by Gasteiger charge is -2.28. The Morgan fingerprint density at radius 2 is 1.97 bits per heavy atom. The molecule has 1 aromatic carbocycles. The zero-order valence-electron chi connectivity index (χ0n) is 17.9. The molecule has 3 amide bonds. The van der Waals surface area contributed by atoms with Crippen LogP contribution >= 0.6 is 0 Å². The van der Waals surface area contributed by atoms with Crippen LogP contribution in [0.1, 0.15) is 25.5 Å². The highest BCUT2D eigenvalue weighted by molar-refractivity contribution is 5.95. The van der Waals surface area contributed by atoms with E-state index < -0.39 is 18.0 Å². The van der Waals surface area contributed by atoms with E-state index in [-0.39, 0.29) is 19.1 Å². The quantitative estimate of drug-likeness (QED) is 0.619. The van der Waals surface area contributed by atoms with E-state index in [9.17, 15) is 14.4 Å². The van der Waals surface area contributed by atoms with Crippen LogP contribution in [0.15, 0.2) is 29.5 Å². The summed E-state index contributed by atoms with van der Waals surface area (Å²) in [5.74, 6) is 0.100. The van der Waals surface area contributed by atoms with Crippen LogP contribution in [0.3, 0.4) is 0 Å². The second kappa shape index (κ2) is 10.2.